The Balaban J connectivity index is 4.06. The van der Waals surface area contributed by atoms with Crippen molar-refractivity contribution in [2.24, 2.45) is 16.6 Å². The maximum atomic E-state index is 13.7. The van der Waals surface area contributed by atoms with Crippen molar-refractivity contribution in [2.45, 2.75) is 52.6 Å². The molecule has 0 heterocycles. The highest BCUT2D eigenvalue weighted by Crippen LogP contribution is 2.18. The smallest absolute Gasteiger partial charge is 0.123 e. The zero-order valence-electron chi connectivity index (χ0n) is 11.0. The van der Waals surface area contributed by atoms with Gasteiger partial charge in [-0.05, 0) is 31.3 Å². The molecule has 0 fully saturated rings. The molecule has 0 saturated carbocycles. The van der Waals surface area contributed by atoms with Crippen LogP contribution < -0.4 is 5.73 Å². The van der Waals surface area contributed by atoms with Crippen molar-refractivity contribution in [1.82, 2.24) is 0 Å². The van der Waals surface area contributed by atoms with E-state index < -0.39 is 6.17 Å². The fourth-order valence-corrected chi connectivity index (χ4v) is 1.49. The van der Waals surface area contributed by atoms with Crippen molar-refractivity contribution in [3.8, 4) is 0 Å². The largest absolute Gasteiger partial charge is 0.397 e. The molecule has 0 aliphatic heterocycles. The Morgan fingerprint density at radius 1 is 1.44 bits per heavy atom. The third-order valence-electron chi connectivity index (χ3n) is 3.04. The molecule has 0 aromatic carbocycles. The number of alkyl halides is 1. The van der Waals surface area contributed by atoms with E-state index in [0.29, 0.717) is 23.6 Å². The average molecular weight is 228 g/mol. The molecule has 2 nitrogen and oxygen atoms in total. The molecule has 0 aliphatic rings. The number of aliphatic imine (C=N–C) groups is 1. The molecule has 2 N–H and O–H groups in total. The average Bonchev–Trinajstić information content (AvgIpc) is 2.27. The molecule has 0 aromatic rings. The fraction of sp³-hybridized carbons (Fsp3) is 0.769. The van der Waals surface area contributed by atoms with Crippen LogP contribution in [0.1, 0.15) is 46.5 Å². The highest BCUT2D eigenvalue weighted by Gasteiger charge is 2.11. The lowest BCUT2D eigenvalue weighted by atomic mass is 9.98. The van der Waals surface area contributed by atoms with Crippen LogP contribution in [-0.4, -0.2) is 19.4 Å². The van der Waals surface area contributed by atoms with Crippen LogP contribution in [0.25, 0.3) is 0 Å². The Morgan fingerprint density at radius 3 is 2.56 bits per heavy atom. The molecule has 0 saturated heterocycles. The van der Waals surface area contributed by atoms with Gasteiger partial charge in [-0.15, -0.1) is 0 Å². The second kappa shape index (κ2) is 8.31. The molecule has 2 atom stereocenters. The zero-order chi connectivity index (χ0) is 12.6. The molecule has 2 unspecified atom stereocenters. The predicted octanol–water partition coefficient (Wildman–Crippen LogP) is 3.47. The summed E-state index contributed by atoms with van der Waals surface area (Å²) < 4.78 is 13.7. The predicted molar refractivity (Wildman–Crippen MR) is 69.5 cm³/mol. The molecule has 3 heteroatoms. The first-order chi connectivity index (χ1) is 7.52. The molecule has 0 aliphatic carbocycles. The highest BCUT2D eigenvalue weighted by molar-refractivity contribution is 5.78. The molecule has 0 amide bonds. The van der Waals surface area contributed by atoms with Gasteiger partial charge in [-0.2, -0.15) is 0 Å². The van der Waals surface area contributed by atoms with Gasteiger partial charge in [0, 0.05) is 13.3 Å². The van der Waals surface area contributed by atoms with Crippen LogP contribution in [0.3, 0.4) is 0 Å². The van der Waals surface area contributed by atoms with Crippen LogP contribution in [0, 0.1) is 5.92 Å². The van der Waals surface area contributed by atoms with E-state index >= 15 is 0 Å². The molecule has 0 rings (SSSR count). The summed E-state index contributed by atoms with van der Waals surface area (Å²) in [7, 11) is 1.64. The zero-order valence-corrected chi connectivity index (χ0v) is 11.0. The van der Waals surface area contributed by atoms with Gasteiger partial charge in [0.1, 0.15) is 6.17 Å². The Hall–Kier alpha value is -0.860. The minimum absolute atomic E-state index is 0.457. The maximum absolute atomic E-state index is 13.7. The van der Waals surface area contributed by atoms with E-state index in [0.717, 1.165) is 19.3 Å². The molecular formula is C13H25FN2. The maximum Gasteiger partial charge on any atom is 0.123 e. The van der Waals surface area contributed by atoms with Crippen LogP contribution >= 0.6 is 0 Å². The Bertz CT molecular complexity index is 246. The summed E-state index contributed by atoms with van der Waals surface area (Å²) in [6.07, 6.45) is 4.32. The summed E-state index contributed by atoms with van der Waals surface area (Å²) in [6.45, 7) is 6.11. The number of allylic oxidation sites excluding steroid dienone is 2. The van der Waals surface area contributed by atoms with Crippen LogP contribution in [0.5, 0.6) is 0 Å². The fourth-order valence-electron chi connectivity index (χ4n) is 1.49. The Labute approximate surface area is 98.8 Å². The molecule has 16 heavy (non-hydrogen) atoms. The summed E-state index contributed by atoms with van der Waals surface area (Å²) >= 11 is 0. The summed E-state index contributed by atoms with van der Waals surface area (Å²) in [5.74, 6) is 0.686. The lowest BCUT2D eigenvalue weighted by Crippen LogP contribution is -2.11. The van der Waals surface area contributed by atoms with Crippen LogP contribution in [-0.2, 0) is 0 Å². The normalized spacial score (nSPS) is 17.3. The van der Waals surface area contributed by atoms with Gasteiger partial charge in [-0.3, -0.25) is 4.99 Å². The highest BCUT2D eigenvalue weighted by atomic mass is 19.1. The first-order valence-electron chi connectivity index (χ1n) is 6.05. The second-order valence-corrected chi connectivity index (χ2v) is 4.44. The van der Waals surface area contributed by atoms with E-state index in [4.69, 9.17) is 5.73 Å². The van der Waals surface area contributed by atoms with E-state index in [1.807, 2.05) is 0 Å². The minimum Gasteiger partial charge on any atom is -0.397 e. The summed E-state index contributed by atoms with van der Waals surface area (Å²) in [5.41, 5.74) is 6.74. The molecule has 0 bridgehead atoms. The van der Waals surface area contributed by atoms with Crippen molar-refractivity contribution in [3.63, 3.8) is 0 Å². The minimum atomic E-state index is -0.929. The van der Waals surface area contributed by atoms with E-state index in [2.05, 4.69) is 18.8 Å². The van der Waals surface area contributed by atoms with E-state index in [-0.39, 0.29) is 0 Å². The third-order valence-corrected chi connectivity index (χ3v) is 3.04. The van der Waals surface area contributed by atoms with Crippen molar-refractivity contribution in [1.29, 1.82) is 0 Å². The van der Waals surface area contributed by atoms with Gasteiger partial charge < -0.3 is 5.73 Å². The second-order valence-electron chi connectivity index (χ2n) is 4.44. The van der Waals surface area contributed by atoms with Gasteiger partial charge in [-0.25, -0.2) is 4.39 Å². The first kappa shape index (κ1) is 15.1. The van der Waals surface area contributed by atoms with Gasteiger partial charge in [-0.1, -0.05) is 26.7 Å². The van der Waals surface area contributed by atoms with Gasteiger partial charge in [0.15, 0.2) is 0 Å². The van der Waals surface area contributed by atoms with Gasteiger partial charge in [0.25, 0.3) is 0 Å². The molecule has 94 valence electrons. The standard InChI is InChI=1S/C13H25FN2/c1-5-10(2)7-6-8-12(14)11(3)13(15)9-16-4/h9-10,12H,5-8,15H2,1-4H3/b13-11-,16-9?. The van der Waals surface area contributed by atoms with Crippen molar-refractivity contribution >= 4 is 6.21 Å². The number of nitrogens with two attached hydrogens (primary N) is 1. The Kier molecular flexibility index (Phi) is 7.86. The number of halogens is 1. The first-order valence-corrected chi connectivity index (χ1v) is 6.05. The molecule has 0 aromatic heterocycles. The number of hydrogen-bond donors (Lipinski definition) is 1. The lowest BCUT2D eigenvalue weighted by molar-refractivity contribution is 0.337. The number of nitrogens with zero attached hydrogens (tertiary/aromatic N) is 1. The molecular weight excluding hydrogens is 203 g/mol. The van der Waals surface area contributed by atoms with Crippen LogP contribution in [0.15, 0.2) is 16.3 Å². The lowest BCUT2D eigenvalue weighted by Gasteiger charge is -2.12. The van der Waals surface area contributed by atoms with Crippen molar-refractivity contribution < 1.29 is 4.39 Å². The van der Waals surface area contributed by atoms with Gasteiger partial charge >= 0.3 is 0 Å². The summed E-state index contributed by atoms with van der Waals surface area (Å²) in [6, 6.07) is 0. The monoisotopic (exact) mass is 228 g/mol. The molecule has 0 spiro atoms. The SMILES string of the molecule is CCC(C)CCCC(F)/C(C)=C(\N)C=NC. The molecule has 0 radical (unpaired) electrons. The quantitative estimate of drug-likeness (QED) is 0.666. The topological polar surface area (TPSA) is 38.4 Å². The van der Waals surface area contributed by atoms with Crippen molar-refractivity contribution in [3.05, 3.63) is 11.3 Å². The van der Waals surface area contributed by atoms with Crippen LogP contribution in [0.4, 0.5) is 4.39 Å². The van der Waals surface area contributed by atoms with Crippen molar-refractivity contribution in [2.75, 3.05) is 7.05 Å². The van der Waals surface area contributed by atoms with E-state index in [9.17, 15) is 4.39 Å². The summed E-state index contributed by atoms with van der Waals surface area (Å²) in [4.78, 5) is 3.79. The Morgan fingerprint density at radius 2 is 2.06 bits per heavy atom. The van der Waals surface area contributed by atoms with E-state index in [1.165, 1.54) is 6.21 Å². The van der Waals surface area contributed by atoms with Gasteiger partial charge in [0.05, 0.1) is 5.70 Å². The summed E-state index contributed by atoms with van der Waals surface area (Å²) in [5, 5.41) is 0. The number of rotatable bonds is 7. The van der Waals surface area contributed by atoms with Crippen LogP contribution in [0.2, 0.25) is 0 Å². The number of hydrogen-bond acceptors (Lipinski definition) is 2. The third kappa shape index (κ3) is 5.89. The van der Waals surface area contributed by atoms with Gasteiger partial charge in [0.2, 0.25) is 0 Å². The van der Waals surface area contributed by atoms with E-state index in [1.54, 1.807) is 14.0 Å².